The zero-order valence-electron chi connectivity index (χ0n) is 15.3. The van der Waals surface area contributed by atoms with Crippen LogP contribution in [-0.4, -0.2) is 32.6 Å². The second-order valence-electron chi connectivity index (χ2n) is 6.53. The Morgan fingerprint density at radius 3 is 2.68 bits per heavy atom. The van der Waals surface area contributed by atoms with Crippen LogP contribution in [0.15, 0.2) is 35.2 Å². The first-order valence-electron chi connectivity index (χ1n) is 8.52. The Hall–Kier alpha value is -2.58. The van der Waals surface area contributed by atoms with Crippen molar-refractivity contribution in [2.45, 2.75) is 25.2 Å². The van der Waals surface area contributed by atoms with Gasteiger partial charge in [-0.15, -0.1) is 0 Å². The van der Waals surface area contributed by atoms with Gasteiger partial charge in [0.15, 0.2) is 16.4 Å². The van der Waals surface area contributed by atoms with E-state index < -0.39 is 15.7 Å². The highest BCUT2D eigenvalue weighted by Gasteiger charge is 2.24. The molecule has 0 unspecified atom stereocenters. The van der Waals surface area contributed by atoms with Gasteiger partial charge in [0.05, 0.1) is 16.3 Å². The van der Waals surface area contributed by atoms with E-state index >= 15 is 0 Å². The fourth-order valence-corrected chi connectivity index (χ4v) is 4.61. The number of halogens is 1. The molecule has 2 aromatic carbocycles. The van der Waals surface area contributed by atoms with Crippen LogP contribution in [0.4, 0.5) is 11.4 Å². The molecule has 0 bridgehead atoms. The number of rotatable bonds is 5. The number of ether oxygens (including phenoxy) is 1. The number of hydrogen-bond acceptors (Lipinski definition) is 5. The van der Waals surface area contributed by atoms with Gasteiger partial charge in [0.1, 0.15) is 5.75 Å². The minimum atomic E-state index is -3.72. The Morgan fingerprint density at radius 2 is 1.96 bits per heavy atom. The lowest BCUT2D eigenvalue weighted by Crippen LogP contribution is -2.26. The van der Waals surface area contributed by atoms with E-state index in [1.807, 2.05) is 0 Å². The Balaban J connectivity index is 1.71. The molecule has 7 nitrogen and oxygen atoms in total. The van der Waals surface area contributed by atoms with Gasteiger partial charge in [0.25, 0.3) is 5.91 Å². The van der Waals surface area contributed by atoms with Gasteiger partial charge in [0, 0.05) is 23.2 Å². The molecular weight excluding hydrogens is 404 g/mol. The molecule has 0 fully saturated rings. The highest BCUT2D eigenvalue weighted by atomic mass is 35.5. The normalized spacial score (nSPS) is 13.3. The van der Waals surface area contributed by atoms with Gasteiger partial charge in [0.2, 0.25) is 5.91 Å². The van der Waals surface area contributed by atoms with Gasteiger partial charge in [-0.2, -0.15) is 0 Å². The summed E-state index contributed by atoms with van der Waals surface area (Å²) in [5.41, 5.74) is 2.27. The molecule has 3 rings (SSSR count). The maximum atomic E-state index is 12.7. The molecular formula is C19H19ClN2O5S. The molecule has 0 saturated heterocycles. The lowest BCUT2D eigenvalue weighted by Gasteiger charge is -2.20. The van der Waals surface area contributed by atoms with Crippen molar-refractivity contribution >= 4 is 44.6 Å². The predicted molar refractivity (Wildman–Crippen MR) is 107 cm³/mol. The molecule has 0 aliphatic carbocycles. The third-order valence-corrected chi connectivity index (χ3v) is 6.39. The summed E-state index contributed by atoms with van der Waals surface area (Å²) in [4.78, 5) is 23.7. The van der Waals surface area contributed by atoms with Crippen molar-refractivity contribution < 1.29 is 22.7 Å². The smallest absolute Gasteiger partial charge is 0.262 e. The van der Waals surface area contributed by atoms with Crippen molar-refractivity contribution in [3.05, 3.63) is 46.5 Å². The molecule has 1 aliphatic heterocycles. The molecule has 148 valence electrons. The van der Waals surface area contributed by atoms with Crippen LogP contribution in [0.1, 0.15) is 17.5 Å². The number of anilines is 2. The van der Waals surface area contributed by atoms with Crippen molar-refractivity contribution in [3.63, 3.8) is 0 Å². The minimum Gasteiger partial charge on any atom is -0.482 e. The van der Waals surface area contributed by atoms with Crippen LogP contribution >= 0.6 is 11.6 Å². The number of fused-ring (bicyclic) bond motifs is 1. The topological polar surface area (TPSA) is 102 Å². The summed E-state index contributed by atoms with van der Waals surface area (Å²) in [6.45, 7) is 3.26. The molecule has 1 aliphatic rings. The number of amides is 2. The van der Waals surface area contributed by atoms with Gasteiger partial charge < -0.3 is 15.4 Å². The summed E-state index contributed by atoms with van der Waals surface area (Å²) in [6, 6.07) is 7.97. The molecule has 0 aromatic heterocycles. The van der Waals surface area contributed by atoms with Gasteiger partial charge in [-0.25, -0.2) is 8.42 Å². The summed E-state index contributed by atoms with van der Waals surface area (Å²) >= 11 is 5.89. The molecule has 9 heteroatoms. The first kappa shape index (κ1) is 20.2. The van der Waals surface area contributed by atoms with Crippen LogP contribution in [0.25, 0.3) is 0 Å². The van der Waals surface area contributed by atoms with E-state index in [9.17, 15) is 18.0 Å². The summed E-state index contributed by atoms with van der Waals surface area (Å²) in [7, 11) is -3.72. The van der Waals surface area contributed by atoms with Crippen molar-refractivity contribution in [1.82, 2.24) is 0 Å². The molecule has 0 radical (unpaired) electrons. The minimum absolute atomic E-state index is 0.0814. The number of carbonyl (C=O) groups excluding carboxylic acids is 2. The molecule has 0 atom stereocenters. The molecule has 0 spiro atoms. The average Bonchev–Trinajstić information content (AvgIpc) is 2.61. The third kappa shape index (κ3) is 4.45. The Morgan fingerprint density at radius 1 is 1.21 bits per heavy atom. The van der Waals surface area contributed by atoms with E-state index in [1.54, 1.807) is 38.1 Å². The monoisotopic (exact) mass is 422 g/mol. The molecule has 2 amide bonds. The van der Waals surface area contributed by atoms with Gasteiger partial charge in [-0.3, -0.25) is 9.59 Å². The first-order chi connectivity index (χ1) is 13.2. The van der Waals surface area contributed by atoms with E-state index in [-0.39, 0.29) is 29.6 Å². The van der Waals surface area contributed by atoms with Gasteiger partial charge >= 0.3 is 0 Å². The Kier molecular flexibility index (Phi) is 5.62. The summed E-state index contributed by atoms with van der Waals surface area (Å²) < 4.78 is 30.7. The summed E-state index contributed by atoms with van der Waals surface area (Å²) in [5, 5.41) is 5.89. The molecule has 0 saturated carbocycles. The number of sulfone groups is 1. The van der Waals surface area contributed by atoms with E-state index in [4.69, 9.17) is 16.3 Å². The fourth-order valence-electron chi connectivity index (χ4n) is 2.87. The molecule has 1 heterocycles. The number of aryl methyl sites for hydroxylation is 2. The van der Waals surface area contributed by atoms with E-state index in [0.29, 0.717) is 27.7 Å². The maximum absolute atomic E-state index is 12.7. The fraction of sp³-hybridized carbons (Fsp3) is 0.263. The SMILES string of the molecule is Cc1cc(Cl)ccc1NC(=O)CCS(=O)(=O)c1cc2c(cc1C)NC(=O)CO2. The highest BCUT2D eigenvalue weighted by molar-refractivity contribution is 7.91. The van der Waals surface area contributed by atoms with Crippen molar-refractivity contribution in [1.29, 1.82) is 0 Å². The Bertz CT molecular complexity index is 1070. The second kappa shape index (κ2) is 7.81. The predicted octanol–water partition coefficient (Wildman–Crippen LogP) is 3.09. The van der Waals surface area contributed by atoms with Crippen molar-refractivity contribution in [3.8, 4) is 5.75 Å². The largest absolute Gasteiger partial charge is 0.482 e. The van der Waals surface area contributed by atoms with Crippen LogP contribution in [-0.2, 0) is 19.4 Å². The number of benzene rings is 2. The molecule has 28 heavy (non-hydrogen) atoms. The molecule has 2 N–H and O–H groups in total. The number of hydrogen-bond donors (Lipinski definition) is 2. The quantitative estimate of drug-likeness (QED) is 0.770. The van der Waals surface area contributed by atoms with E-state index in [1.165, 1.54) is 6.07 Å². The Labute approximate surface area is 168 Å². The number of carbonyl (C=O) groups is 2. The van der Waals surface area contributed by atoms with Crippen LogP contribution in [0, 0.1) is 13.8 Å². The van der Waals surface area contributed by atoms with Crippen molar-refractivity contribution in [2.24, 2.45) is 0 Å². The van der Waals surface area contributed by atoms with Crippen LogP contribution < -0.4 is 15.4 Å². The summed E-state index contributed by atoms with van der Waals surface area (Å²) in [6.07, 6.45) is -0.196. The zero-order chi connectivity index (χ0) is 20.5. The van der Waals surface area contributed by atoms with Crippen LogP contribution in [0.5, 0.6) is 5.75 Å². The van der Waals surface area contributed by atoms with Gasteiger partial charge in [-0.05, 0) is 49.2 Å². The average molecular weight is 423 g/mol. The second-order valence-corrected chi connectivity index (χ2v) is 9.04. The number of nitrogens with one attached hydrogen (secondary N) is 2. The zero-order valence-corrected chi connectivity index (χ0v) is 16.9. The van der Waals surface area contributed by atoms with Crippen LogP contribution in [0.3, 0.4) is 0 Å². The van der Waals surface area contributed by atoms with Gasteiger partial charge in [-0.1, -0.05) is 11.6 Å². The van der Waals surface area contributed by atoms with Crippen LogP contribution in [0.2, 0.25) is 5.02 Å². The maximum Gasteiger partial charge on any atom is 0.262 e. The summed E-state index contributed by atoms with van der Waals surface area (Å²) in [5.74, 6) is -0.757. The molecule has 2 aromatic rings. The van der Waals surface area contributed by atoms with E-state index in [0.717, 1.165) is 5.56 Å². The van der Waals surface area contributed by atoms with E-state index in [2.05, 4.69) is 10.6 Å². The highest BCUT2D eigenvalue weighted by Crippen LogP contribution is 2.33. The standard InChI is InChI=1S/C19H19ClN2O5S/c1-11-7-13(20)3-4-14(11)21-18(23)5-6-28(25,26)17-9-16-15(8-12(17)2)22-19(24)10-27-16/h3-4,7-9H,5-6,10H2,1-2H3,(H,21,23)(H,22,24). The lowest BCUT2D eigenvalue weighted by molar-refractivity contribution is -0.118. The first-order valence-corrected chi connectivity index (χ1v) is 10.5. The third-order valence-electron chi connectivity index (χ3n) is 4.31. The van der Waals surface area contributed by atoms with Crippen molar-refractivity contribution in [2.75, 3.05) is 23.0 Å². The lowest BCUT2D eigenvalue weighted by atomic mass is 10.2.